The van der Waals surface area contributed by atoms with Gasteiger partial charge >= 0.3 is 0 Å². The highest BCUT2D eigenvalue weighted by molar-refractivity contribution is 7.89. The predicted molar refractivity (Wildman–Crippen MR) is 91.4 cm³/mol. The van der Waals surface area contributed by atoms with Crippen LogP contribution in [0.15, 0.2) is 36.4 Å². The first-order valence-corrected chi connectivity index (χ1v) is 9.44. The number of nitrogens with zero attached hydrogens (tertiary/aromatic N) is 1. The highest BCUT2D eigenvalue weighted by Gasteiger charge is 2.35. The van der Waals surface area contributed by atoms with Crippen molar-refractivity contribution in [2.24, 2.45) is 0 Å². The zero-order valence-electron chi connectivity index (χ0n) is 13.3. The Morgan fingerprint density at radius 1 is 1.00 bits per heavy atom. The second-order valence-corrected chi connectivity index (χ2v) is 7.65. The molecular formula is C17H18N2O4S. The largest absolute Gasteiger partial charge is 0.273 e. The average Bonchev–Trinajstić information content (AvgIpc) is 2.77. The Bertz CT molecular complexity index is 867. The maximum Gasteiger partial charge on any atom is 0.261 e. The van der Waals surface area contributed by atoms with Gasteiger partial charge in [-0.25, -0.2) is 13.1 Å². The maximum atomic E-state index is 12.5. The van der Waals surface area contributed by atoms with Crippen molar-refractivity contribution in [1.82, 2.24) is 9.62 Å². The number of amides is 2. The van der Waals surface area contributed by atoms with E-state index in [1.165, 1.54) is 0 Å². The Labute approximate surface area is 140 Å². The van der Waals surface area contributed by atoms with Crippen molar-refractivity contribution in [3.8, 4) is 0 Å². The number of carbonyl (C=O) groups excluding carboxylic acids is 2. The van der Waals surface area contributed by atoms with E-state index in [0.29, 0.717) is 17.5 Å². The number of benzene rings is 2. The van der Waals surface area contributed by atoms with Crippen molar-refractivity contribution in [3.63, 3.8) is 0 Å². The molecule has 0 aromatic heterocycles. The molecule has 1 N–H and O–H groups in total. The molecule has 7 heteroatoms. The normalized spacial score (nSPS) is 14.5. The maximum absolute atomic E-state index is 12.5. The fourth-order valence-corrected chi connectivity index (χ4v) is 3.92. The van der Waals surface area contributed by atoms with E-state index >= 15 is 0 Å². The molecule has 1 heterocycles. The van der Waals surface area contributed by atoms with Gasteiger partial charge in [-0.2, -0.15) is 0 Å². The summed E-state index contributed by atoms with van der Waals surface area (Å²) < 4.78 is 25.7. The minimum atomic E-state index is -3.36. The molecule has 3 rings (SSSR count). The molecule has 0 radical (unpaired) electrons. The van der Waals surface area contributed by atoms with Gasteiger partial charge in [-0.3, -0.25) is 14.5 Å². The number of imide groups is 1. The van der Waals surface area contributed by atoms with Crippen molar-refractivity contribution < 1.29 is 18.0 Å². The quantitative estimate of drug-likeness (QED) is 0.808. The lowest BCUT2D eigenvalue weighted by molar-refractivity contribution is 0.0657. The first-order chi connectivity index (χ1) is 11.4. The Morgan fingerprint density at radius 2 is 1.54 bits per heavy atom. The van der Waals surface area contributed by atoms with E-state index in [-0.39, 0.29) is 30.7 Å². The molecule has 0 bridgehead atoms. The van der Waals surface area contributed by atoms with Gasteiger partial charge in [0.25, 0.3) is 11.8 Å². The molecule has 2 aromatic rings. The van der Waals surface area contributed by atoms with Gasteiger partial charge < -0.3 is 0 Å². The highest BCUT2D eigenvalue weighted by atomic mass is 32.2. The summed E-state index contributed by atoms with van der Waals surface area (Å²) in [5.74, 6) is -0.730. The second kappa shape index (κ2) is 6.33. The summed E-state index contributed by atoms with van der Waals surface area (Å²) >= 11 is 0. The minimum absolute atomic E-state index is 0.0195. The van der Waals surface area contributed by atoms with E-state index in [9.17, 15) is 18.0 Å². The smallest absolute Gasteiger partial charge is 0.261 e. The van der Waals surface area contributed by atoms with Gasteiger partial charge in [-0.1, -0.05) is 31.2 Å². The fraction of sp³-hybridized carbons (Fsp3) is 0.294. The van der Waals surface area contributed by atoms with Gasteiger partial charge in [0.05, 0.1) is 16.9 Å². The van der Waals surface area contributed by atoms with Crippen LogP contribution in [-0.2, 0) is 10.0 Å². The summed E-state index contributed by atoms with van der Waals surface area (Å²) in [6.07, 6.45) is 0.509. The number of nitrogens with one attached hydrogen (secondary N) is 1. The molecule has 0 unspecified atom stereocenters. The fourth-order valence-electron chi connectivity index (χ4n) is 2.83. The van der Waals surface area contributed by atoms with Crippen LogP contribution in [0.3, 0.4) is 0 Å². The van der Waals surface area contributed by atoms with E-state index in [2.05, 4.69) is 4.72 Å². The number of hydrogen-bond acceptors (Lipinski definition) is 4. The zero-order chi connectivity index (χ0) is 17.3. The molecule has 0 atom stereocenters. The summed E-state index contributed by atoms with van der Waals surface area (Å²) in [5, 5.41) is 1.78. The molecular weight excluding hydrogens is 328 g/mol. The lowest BCUT2D eigenvalue weighted by atomic mass is 10.0. The first-order valence-electron chi connectivity index (χ1n) is 7.79. The summed E-state index contributed by atoms with van der Waals surface area (Å²) in [4.78, 5) is 26.0. The number of sulfonamides is 1. The topological polar surface area (TPSA) is 83.6 Å². The highest BCUT2D eigenvalue weighted by Crippen LogP contribution is 2.27. The third-order valence-corrected chi connectivity index (χ3v) is 5.56. The molecule has 24 heavy (non-hydrogen) atoms. The Kier molecular flexibility index (Phi) is 4.38. The van der Waals surface area contributed by atoms with Gasteiger partial charge in [0.2, 0.25) is 10.0 Å². The molecule has 126 valence electrons. The molecule has 2 aromatic carbocycles. The van der Waals surface area contributed by atoms with E-state index in [1.807, 2.05) is 24.3 Å². The molecule has 6 nitrogen and oxygen atoms in total. The first kappa shape index (κ1) is 16.6. The van der Waals surface area contributed by atoms with Crippen LogP contribution < -0.4 is 4.72 Å². The molecule has 1 aliphatic heterocycles. The lowest BCUT2D eigenvalue weighted by Crippen LogP contribution is -2.38. The van der Waals surface area contributed by atoms with E-state index < -0.39 is 10.0 Å². The number of fused-ring (bicyclic) bond motifs is 2. The van der Waals surface area contributed by atoms with Crippen LogP contribution in [0.4, 0.5) is 0 Å². The van der Waals surface area contributed by atoms with Gasteiger partial charge in [-0.15, -0.1) is 0 Å². The SMILES string of the molecule is CCCS(=O)(=O)NCCN1C(=O)c2cc3ccccc3cc2C1=O. The molecule has 0 fully saturated rings. The van der Waals surface area contributed by atoms with Crippen LogP contribution >= 0.6 is 0 Å². The number of carbonyl (C=O) groups is 2. The van der Waals surface area contributed by atoms with E-state index in [1.54, 1.807) is 19.1 Å². The Morgan fingerprint density at radius 3 is 2.04 bits per heavy atom. The van der Waals surface area contributed by atoms with Crippen molar-refractivity contribution in [2.45, 2.75) is 13.3 Å². The molecule has 0 spiro atoms. The van der Waals surface area contributed by atoms with Gasteiger partial charge in [0, 0.05) is 13.1 Å². The number of hydrogen-bond donors (Lipinski definition) is 1. The predicted octanol–water partition coefficient (Wildman–Crippen LogP) is 1.77. The van der Waals surface area contributed by atoms with Gasteiger partial charge in [0.1, 0.15) is 0 Å². The van der Waals surface area contributed by atoms with Crippen molar-refractivity contribution in [3.05, 3.63) is 47.5 Å². The van der Waals surface area contributed by atoms with Crippen LogP contribution in [0.1, 0.15) is 34.1 Å². The summed E-state index contributed by atoms with van der Waals surface area (Å²) in [6, 6.07) is 10.9. The number of rotatable bonds is 6. The van der Waals surface area contributed by atoms with Gasteiger partial charge in [-0.05, 0) is 29.3 Å². The molecule has 2 amide bonds. The molecule has 0 saturated carbocycles. The zero-order valence-corrected chi connectivity index (χ0v) is 14.1. The second-order valence-electron chi connectivity index (χ2n) is 5.72. The standard InChI is InChI=1S/C17H18N2O4S/c1-2-9-24(22,23)18-7-8-19-16(20)14-10-12-5-3-4-6-13(12)11-15(14)17(19)21/h3-6,10-11,18H,2,7-9H2,1H3. The van der Waals surface area contributed by atoms with Crippen molar-refractivity contribution >= 4 is 32.6 Å². The minimum Gasteiger partial charge on any atom is -0.273 e. The third kappa shape index (κ3) is 3.05. The summed E-state index contributed by atoms with van der Waals surface area (Å²) in [5.41, 5.74) is 0.741. The average molecular weight is 346 g/mol. The van der Waals surface area contributed by atoms with Gasteiger partial charge in [0.15, 0.2) is 0 Å². The Balaban J connectivity index is 1.79. The summed E-state index contributed by atoms with van der Waals surface area (Å²) in [6.45, 7) is 1.81. The Hall–Kier alpha value is -2.25. The van der Waals surface area contributed by atoms with Crippen molar-refractivity contribution in [1.29, 1.82) is 0 Å². The van der Waals surface area contributed by atoms with Crippen LogP contribution in [0.25, 0.3) is 10.8 Å². The van der Waals surface area contributed by atoms with E-state index in [4.69, 9.17) is 0 Å². The van der Waals surface area contributed by atoms with Crippen molar-refractivity contribution in [2.75, 3.05) is 18.8 Å². The molecule has 0 aliphatic carbocycles. The molecule has 0 saturated heterocycles. The van der Waals surface area contributed by atoms with Crippen LogP contribution in [0.2, 0.25) is 0 Å². The lowest BCUT2D eigenvalue weighted by Gasteiger charge is -2.14. The van der Waals surface area contributed by atoms with Crippen LogP contribution in [0.5, 0.6) is 0 Å². The van der Waals surface area contributed by atoms with Crippen LogP contribution in [0, 0.1) is 0 Å². The third-order valence-electron chi connectivity index (χ3n) is 3.97. The molecule has 1 aliphatic rings. The summed E-state index contributed by atoms with van der Waals surface area (Å²) in [7, 11) is -3.36. The van der Waals surface area contributed by atoms with Crippen LogP contribution in [-0.4, -0.2) is 44.0 Å². The monoisotopic (exact) mass is 346 g/mol. The van der Waals surface area contributed by atoms with E-state index in [0.717, 1.165) is 15.7 Å².